The summed E-state index contributed by atoms with van der Waals surface area (Å²) < 4.78 is 5.26. The minimum atomic E-state index is 0.376. The second kappa shape index (κ2) is 5.38. The van der Waals surface area contributed by atoms with Gasteiger partial charge in [-0.3, -0.25) is 4.90 Å². The molecule has 2 saturated heterocycles. The summed E-state index contributed by atoms with van der Waals surface area (Å²) in [6, 6.07) is 19.6. The van der Waals surface area contributed by atoms with Gasteiger partial charge in [0.05, 0.1) is 7.11 Å². The maximum absolute atomic E-state index is 5.26. The molecule has 23 heavy (non-hydrogen) atoms. The Balaban J connectivity index is 1.52. The summed E-state index contributed by atoms with van der Waals surface area (Å²) in [5.41, 5.74) is 3.76. The van der Waals surface area contributed by atoms with E-state index in [9.17, 15) is 0 Å². The van der Waals surface area contributed by atoms with E-state index in [0.29, 0.717) is 10.8 Å². The van der Waals surface area contributed by atoms with Gasteiger partial charge in [0, 0.05) is 25.0 Å². The van der Waals surface area contributed by atoms with Gasteiger partial charge >= 0.3 is 0 Å². The molecular formula is C21H25NO. The number of piperidine rings is 2. The summed E-state index contributed by atoms with van der Waals surface area (Å²) in [6.45, 7) is 5.88. The highest BCUT2D eigenvalue weighted by atomic mass is 16.5. The number of methoxy groups -OCH3 is 1. The summed E-state index contributed by atoms with van der Waals surface area (Å²) in [5, 5.41) is 0. The lowest BCUT2D eigenvalue weighted by Gasteiger charge is -2.63. The van der Waals surface area contributed by atoms with E-state index in [-0.39, 0.29) is 0 Å². The highest BCUT2D eigenvalue weighted by Crippen LogP contribution is 2.59. The van der Waals surface area contributed by atoms with Crippen LogP contribution in [0.3, 0.4) is 0 Å². The first kappa shape index (κ1) is 14.8. The number of nitrogens with zero attached hydrogens (tertiary/aromatic N) is 1. The third kappa shape index (κ3) is 2.66. The number of ether oxygens (including phenoxy) is 1. The van der Waals surface area contributed by atoms with E-state index >= 15 is 0 Å². The Kier molecular flexibility index (Phi) is 3.46. The minimum Gasteiger partial charge on any atom is -0.497 e. The summed E-state index contributed by atoms with van der Waals surface area (Å²) >= 11 is 0. The van der Waals surface area contributed by atoms with Crippen LogP contribution in [0.5, 0.6) is 5.75 Å². The van der Waals surface area contributed by atoms with Crippen LogP contribution >= 0.6 is 0 Å². The first-order valence-electron chi connectivity index (χ1n) is 8.52. The average molecular weight is 307 g/mol. The SMILES string of the molecule is COc1ccc(CN2CC3(C)CC(c4ccccc4)(C2)C3)cc1. The summed E-state index contributed by atoms with van der Waals surface area (Å²) in [4.78, 5) is 2.64. The Hall–Kier alpha value is -1.80. The van der Waals surface area contributed by atoms with E-state index in [1.807, 2.05) is 0 Å². The highest BCUT2D eigenvalue weighted by Gasteiger charge is 2.57. The maximum atomic E-state index is 5.26. The van der Waals surface area contributed by atoms with Crippen LogP contribution in [0.1, 0.15) is 30.9 Å². The number of hydrogen-bond acceptors (Lipinski definition) is 2. The van der Waals surface area contributed by atoms with Crippen molar-refractivity contribution in [1.82, 2.24) is 4.90 Å². The molecule has 2 heteroatoms. The van der Waals surface area contributed by atoms with Crippen molar-refractivity contribution in [2.24, 2.45) is 5.41 Å². The molecule has 0 radical (unpaired) electrons. The lowest BCUT2D eigenvalue weighted by atomic mass is 9.48. The maximum Gasteiger partial charge on any atom is 0.118 e. The fourth-order valence-electron chi connectivity index (χ4n) is 5.02. The fourth-order valence-corrected chi connectivity index (χ4v) is 5.02. The van der Waals surface area contributed by atoms with Gasteiger partial charge in [0.25, 0.3) is 0 Å². The topological polar surface area (TPSA) is 12.5 Å². The van der Waals surface area contributed by atoms with Gasteiger partial charge < -0.3 is 4.74 Å². The molecule has 2 aliphatic heterocycles. The summed E-state index contributed by atoms with van der Waals surface area (Å²) in [7, 11) is 1.72. The monoisotopic (exact) mass is 307 g/mol. The molecule has 2 nitrogen and oxygen atoms in total. The van der Waals surface area contributed by atoms with E-state index in [4.69, 9.17) is 4.74 Å². The number of rotatable bonds is 4. The zero-order chi connectivity index (χ0) is 15.9. The predicted octanol–water partition coefficient (Wildman–Crippen LogP) is 4.25. The van der Waals surface area contributed by atoms with Crippen molar-refractivity contribution in [1.29, 1.82) is 0 Å². The molecule has 1 saturated carbocycles. The van der Waals surface area contributed by atoms with Crippen molar-refractivity contribution in [2.75, 3.05) is 20.2 Å². The molecule has 0 atom stereocenters. The Morgan fingerprint density at radius 3 is 2.30 bits per heavy atom. The van der Waals surface area contributed by atoms with Crippen molar-refractivity contribution in [3.63, 3.8) is 0 Å². The number of fused-ring (bicyclic) bond motifs is 2. The third-order valence-electron chi connectivity index (χ3n) is 5.61. The molecule has 120 valence electrons. The van der Waals surface area contributed by atoms with Crippen molar-refractivity contribution < 1.29 is 4.74 Å². The zero-order valence-corrected chi connectivity index (χ0v) is 14.1. The van der Waals surface area contributed by atoms with Gasteiger partial charge in [-0.15, -0.1) is 0 Å². The van der Waals surface area contributed by atoms with Gasteiger partial charge in [-0.05, 0) is 41.5 Å². The third-order valence-corrected chi connectivity index (χ3v) is 5.61. The Morgan fingerprint density at radius 1 is 0.957 bits per heavy atom. The molecule has 2 aromatic carbocycles. The van der Waals surface area contributed by atoms with Gasteiger partial charge in [-0.2, -0.15) is 0 Å². The largest absolute Gasteiger partial charge is 0.497 e. The smallest absolute Gasteiger partial charge is 0.118 e. The minimum absolute atomic E-state index is 0.376. The van der Waals surface area contributed by atoms with Crippen LogP contribution in [0.15, 0.2) is 54.6 Å². The van der Waals surface area contributed by atoms with Crippen LogP contribution < -0.4 is 4.74 Å². The quantitative estimate of drug-likeness (QED) is 0.837. The second-order valence-corrected chi connectivity index (χ2v) is 7.80. The van der Waals surface area contributed by atoms with E-state index < -0.39 is 0 Å². The predicted molar refractivity (Wildman–Crippen MR) is 93.7 cm³/mol. The van der Waals surface area contributed by atoms with Gasteiger partial charge in [-0.25, -0.2) is 0 Å². The molecular weight excluding hydrogens is 282 g/mol. The molecule has 0 N–H and O–H groups in total. The van der Waals surface area contributed by atoms with Crippen LogP contribution in [-0.4, -0.2) is 25.1 Å². The van der Waals surface area contributed by atoms with Crippen LogP contribution in [-0.2, 0) is 12.0 Å². The Bertz CT molecular complexity index is 671. The highest BCUT2D eigenvalue weighted by molar-refractivity contribution is 5.33. The van der Waals surface area contributed by atoms with Crippen LogP contribution in [0.2, 0.25) is 0 Å². The van der Waals surface area contributed by atoms with Crippen molar-refractivity contribution in [3.05, 3.63) is 65.7 Å². The molecule has 0 spiro atoms. The summed E-state index contributed by atoms with van der Waals surface area (Å²) in [6.07, 6.45) is 2.67. The van der Waals surface area contributed by atoms with Crippen LogP contribution in [0.25, 0.3) is 0 Å². The lowest BCUT2D eigenvalue weighted by molar-refractivity contribution is -0.0777. The lowest BCUT2D eigenvalue weighted by Crippen LogP contribution is -2.63. The van der Waals surface area contributed by atoms with Gasteiger partial charge in [-0.1, -0.05) is 49.4 Å². The van der Waals surface area contributed by atoms with E-state index in [2.05, 4.69) is 66.4 Å². The van der Waals surface area contributed by atoms with E-state index in [1.165, 1.54) is 37.1 Å². The molecule has 3 aliphatic rings. The average Bonchev–Trinajstić information content (AvgIpc) is 2.55. The van der Waals surface area contributed by atoms with E-state index in [1.54, 1.807) is 7.11 Å². The molecule has 0 aromatic heterocycles. The first-order chi connectivity index (χ1) is 11.1. The van der Waals surface area contributed by atoms with Gasteiger partial charge in [0.1, 0.15) is 5.75 Å². The molecule has 0 amide bonds. The molecule has 3 fully saturated rings. The van der Waals surface area contributed by atoms with E-state index in [0.717, 1.165) is 12.3 Å². The van der Waals surface area contributed by atoms with Crippen LogP contribution in [0.4, 0.5) is 0 Å². The van der Waals surface area contributed by atoms with Gasteiger partial charge in [0.15, 0.2) is 0 Å². The molecule has 1 aliphatic carbocycles. The Labute approximate surface area is 139 Å². The first-order valence-corrected chi connectivity index (χ1v) is 8.52. The molecule has 5 rings (SSSR count). The molecule has 2 aromatic rings. The number of hydrogen-bond donors (Lipinski definition) is 0. The van der Waals surface area contributed by atoms with Crippen LogP contribution in [0, 0.1) is 5.41 Å². The zero-order valence-electron chi connectivity index (χ0n) is 14.1. The normalized spacial score (nSPS) is 29.8. The van der Waals surface area contributed by atoms with Crippen molar-refractivity contribution >= 4 is 0 Å². The second-order valence-electron chi connectivity index (χ2n) is 7.80. The Morgan fingerprint density at radius 2 is 1.65 bits per heavy atom. The standard InChI is InChI=1S/C21H25NO/c1-20-13-21(14-20,18-6-4-3-5-7-18)16-22(15-20)12-17-8-10-19(23-2)11-9-17/h3-11H,12-16H2,1-2H3. The van der Waals surface area contributed by atoms with Crippen molar-refractivity contribution in [3.8, 4) is 5.75 Å². The number of benzene rings is 2. The fraction of sp³-hybridized carbons (Fsp3) is 0.429. The summed E-state index contributed by atoms with van der Waals surface area (Å²) in [5.74, 6) is 0.933. The van der Waals surface area contributed by atoms with Gasteiger partial charge in [0.2, 0.25) is 0 Å². The molecule has 2 bridgehead atoms. The molecule has 2 heterocycles. The van der Waals surface area contributed by atoms with Crippen molar-refractivity contribution in [2.45, 2.75) is 31.7 Å². The molecule has 0 unspecified atom stereocenters.